The van der Waals surface area contributed by atoms with Gasteiger partial charge in [0.15, 0.2) is 5.82 Å². The van der Waals surface area contributed by atoms with Crippen LogP contribution in [0, 0.1) is 20.8 Å². The summed E-state index contributed by atoms with van der Waals surface area (Å²) in [6.45, 7) is 6.17. The minimum atomic E-state index is -0.129. The number of rotatable bonds is 7. The average molecular weight is 398 g/mol. The number of carbonyl (C=O) groups excluding carboxylic acids is 1. The molecule has 0 unspecified atom stereocenters. The zero-order chi connectivity index (χ0) is 20.1. The van der Waals surface area contributed by atoms with E-state index < -0.39 is 0 Å². The molecule has 0 fully saturated rings. The lowest BCUT2D eigenvalue weighted by molar-refractivity contribution is -0.113. The second-order valence-electron chi connectivity index (χ2n) is 6.48. The molecule has 8 heteroatoms. The minimum Gasteiger partial charge on any atom is -0.485 e. The van der Waals surface area contributed by atoms with Crippen molar-refractivity contribution in [1.29, 1.82) is 0 Å². The standard InChI is InChI=1S/C20H23N5O2S/c1-13-8-9-17(15(3)10-13)27-11-18-23-24-20(25(18)21)28-12-19(26)22-16-7-5-4-6-14(16)2/h4-10H,11-12,21H2,1-3H3,(H,22,26). The highest BCUT2D eigenvalue weighted by molar-refractivity contribution is 7.99. The number of ether oxygens (including phenoxy) is 1. The molecule has 3 aromatic rings. The van der Waals surface area contributed by atoms with Gasteiger partial charge in [-0.05, 0) is 44.0 Å². The van der Waals surface area contributed by atoms with E-state index in [1.54, 1.807) is 0 Å². The van der Waals surface area contributed by atoms with Gasteiger partial charge in [-0.3, -0.25) is 4.79 Å². The van der Waals surface area contributed by atoms with Gasteiger partial charge in [-0.15, -0.1) is 10.2 Å². The number of nitrogen functional groups attached to an aromatic ring is 1. The van der Waals surface area contributed by atoms with E-state index >= 15 is 0 Å². The van der Waals surface area contributed by atoms with Gasteiger partial charge in [0.05, 0.1) is 5.75 Å². The maximum absolute atomic E-state index is 12.2. The summed E-state index contributed by atoms with van der Waals surface area (Å²) in [7, 11) is 0. The Balaban J connectivity index is 1.55. The van der Waals surface area contributed by atoms with Crippen molar-refractivity contribution in [1.82, 2.24) is 14.9 Å². The first-order valence-corrected chi connectivity index (χ1v) is 9.80. The molecule has 0 saturated heterocycles. The fourth-order valence-electron chi connectivity index (χ4n) is 2.64. The third-order valence-corrected chi connectivity index (χ3v) is 5.12. The van der Waals surface area contributed by atoms with Crippen molar-refractivity contribution in [2.24, 2.45) is 0 Å². The molecule has 28 heavy (non-hydrogen) atoms. The fraction of sp³-hybridized carbons (Fsp3) is 0.250. The Morgan fingerprint density at radius 2 is 1.93 bits per heavy atom. The zero-order valence-corrected chi connectivity index (χ0v) is 16.9. The van der Waals surface area contributed by atoms with E-state index in [1.807, 2.05) is 57.2 Å². The number of aromatic nitrogens is 3. The number of para-hydroxylation sites is 1. The summed E-state index contributed by atoms with van der Waals surface area (Å²) >= 11 is 1.22. The van der Waals surface area contributed by atoms with Gasteiger partial charge in [0.1, 0.15) is 12.4 Å². The first kappa shape index (κ1) is 19.8. The number of thioether (sulfide) groups is 1. The van der Waals surface area contributed by atoms with E-state index in [-0.39, 0.29) is 18.3 Å². The average Bonchev–Trinajstić information content (AvgIpc) is 3.01. The van der Waals surface area contributed by atoms with Crippen LogP contribution < -0.4 is 15.9 Å². The van der Waals surface area contributed by atoms with Crippen molar-refractivity contribution in [3.8, 4) is 5.75 Å². The molecule has 1 amide bonds. The number of nitrogens with two attached hydrogens (primary N) is 1. The molecule has 3 rings (SSSR count). The van der Waals surface area contributed by atoms with Crippen molar-refractivity contribution in [2.75, 3.05) is 16.9 Å². The van der Waals surface area contributed by atoms with Crippen LogP contribution in [0.3, 0.4) is 0 Å². The van der Waals surface area contributed by atoms with Crippen molar-refractivity contribution in [3.05, 3.63) is 65.0 Å². The van der Waals surface area contributed by atoms with E-state index in [1.165, 1.54) is 22.0 Å². The lowest BCUT2D eigenvalue weighted by Crippen LogP contribution is -2.18. The highest BCUT2D eigenvalue weighted by Gasteiger charge is 2.14. The predicted octanol–water partition coefficient (Wildman–Crippen LogP) is 3.23. The summed E-state index contributed by atoms with van der Waals surface area (Å²) in [6.07, 6.45) is 0. The number of anilines is 1. The van der Waals surface area contributed by atoms with Gasteiger partial charge < -0.3 is 15.9 Å². The summed E-state index contributed by atoms with van der Waals surface area (Å²) in [6, 6.07) is 13.6. The third kappa shape index (κ3) is 4.83. The number of benzene rings is 2. The van der Waals surface area contributed by atoms with Gasteiger partial charge in [-0.25, -0.2) is 4.68 Å². The molecule has 3 N–H and O–H groups in total. The lowest BCUT2D eigenvalue weighted by atomic mass is 10.1. The van der Waals surface area contributed by atoms with E-state index in [9.17, 15) is 4.79 Å². The lowest BCUT2D eigenvalue weighted by Gasteiger charge is -2.09. The Hall–Kier alpha value is -3.00. The van der Waals surface area contributed by atoms with E-state index in [0.29, 0.717) is 11.0 Å². The Kier molecular flexibility index (Phi) is 6.20. The van der Waals surface area contributed by atoms with Gasteiger partial charge in [0.2, 0.25) is 11.1 Å². The van der Waals surface area contributed by atoms with Crippen LogP contribution in [0.4, 0.5) is 5.69 Å². The molecular weight excluding hydrogens is 374 g/mol. The maximum atomic E-state index is 12.2. The topological polar surface area (TPSA) is 95.1 Å². The molecule has 0 spiro atoms. The van der Waals surface area contributed by atoms with Gasteiger partial charge in [-0.1, -0.05) is 47.7 Å². The summed E-state index contributed by atoms with van der Waals surface area (Å²) < 4.78 is 7.15. The van der Waals surface area contributed by atoms with Crippen LogP contribution in [-0.4, -0.2) is 26.5 Å². The van der Waals surface area contributed by atoms with Gasteiger partial charge in [0.25, 0.3) is 0 Å². The highest BCUT2D eigenvalue weighted by Crippen LogP contribution is 2.21. The second kappa shape index (κ2) is 8.79. The first-order chi connectivity index (χ1) is 13.4. The molecule has 0 bridgehead atoms. The Morgan fingerprint density at radius 3 is 2.68 bits per heavy atom. The van der Waals surface area contributed by atoms with Crippen molar-refractivity contribution < 1.29 is 9.53 Å². The molecular formula is C20H23N5O2S. The number of hydrogen-bond acceptors (Lipinski definition) is 6. The quantitative estimate of drug-likeness (QED) is 0.469. The van der Waals surface area contributed by atoms with Crippen LogP contribution in [-0.2, 0) is 11.4 Å². The molecule has 0 aliphatic rings. The Bertz CT molecular complexity index is 986. The van der Waals surface area contributed by atoms with Crippen LogP contribution in [0.1, 0.15) is 22.5 Å². The summed E-state index contributed by atoms with van der Waals surface area (Å²) in [5.41, 5.74) is 4.03. The van der Waals surface area contributed by atoms with E-state index in [0.717, 1.165) is 22.6 Å². The fourth-order valence-corrected chi connectivity index (χ4v) is 3.31. The first-order valence-electron chi connectivity index (χ1n) is 8.81. The molecule has 0 aliphatic heterocycles. The Labute approximate surface area is 168 Å². The Morgan fingerprint density at radius 1 is 1.14 bits per heavy atom. The molecule has 146 valence electrons. The SMILES string of the molecule is Cc1ccc(OCc2nnc(SCC(=O)Nc3ccccc3C)n2N)c(C)c1. The molecule has 0 radical (unpaired) electrons. The number of amides is 1. The maximum Gasteiger partial charge on any atom is 0.234 e. The molecule has 1 heterocycles. The highest BCUT2D eigenvalue weighted by atomic mass is 32.2. The predicted molar refractivity (Wildman–Crippen MR) is 111 cm³/mol. The number of aryl methyl sites for hydroxylation is 3. The van der Waals surface area contributed by atoms with Crippen molar-refractivity contribution in [3.63, 3.8) is 0 Å². The smallest absolute Gasteiger partial charge is 0.234 e. The van der Waals surface area contributed by atoms with Crippen molar-refractivity contribution >= 4 is 23.4 Å². The summed E-state index contributed by atoms with van der Waals surface area (Å²) in [5.74, 6) is 7.37. The molecule has 2 aromatic carbocycles. The van der Waals surface area contributed by atoms with Gasteiger partial charge in [-0.2, -0.15) is 0 Å². The van der Waals surface area contributed by atoms with Gasteiger partial charge >= 0.3 is 0 Å². The molecule has 0 atom stereocenters. The number of carbonyl (C=O) groups is 1. The minimum absolute atomic E-state index is 0.129. The van der Waals surface area contributed by atoms with Crippen LogP contribution in [0.2, 0.25) is 0 Å². The normalized spacial score (nSPS) is 10.7. The monoisotopic (exact) mass is 397 g/mol. The second-order valence-corrected chi connectivity index (χ2v) is 7.42. The van der Waals surface area contributed by atoms with Crippen LogP contribution in [0.15, 0.2) is 47.6 Å². The van der Waals surface area contributed by atoms with Crippen LogP contribution in [0.5, 0.6) is 5.75 Å². The molecule has 0 saturated carbocycles. The number of nitrogens with one attached hydrogen (secondary N) is 1. The summed E-state index contributed by atoms with van der Waals surface area (Å²) in [4.78, 5) is 12.2. The van der Waals surface area contributed by atoms with Gasteiger partial charge in [0, 0.05) is 5.69 Å². The number of nitrogens with zero attached hydrogens (tertiary/aromatic N) is 3. The van der Waals surface area contributed by atoms with Crippen LogP contribution in [0.25, 0.3) is 0 Å². The van der Waals surface area contributed by atoms with Crippen LogP contribution >= 0.6 is 11.8 Å². The zero-order valence-electron chi connectivity index (χ0n) is 16.1. The molecule has 1 aromatic heterocycles. The molecule has 7 nitrogen and oxygen atoms in total. The third-order valence-electron chi connectivity index (χ3n) is 4.17. The molecule has 0 aliphatic carbocycles. The number of hydrogen-bond donors (Lipinski definition) is 2. The van der Waals surface area contributed by atoms with E-state index in [2.05, 4.69) is 21.6 Å². The van der Waals surface area contributed by atoms with Crippen molar-refractivity contribution in [2.45, 2.75) is 32.5 Å². The largest absolute Gasteiger partial charge is 0.485 e. The summed E-state index contributed by atoms with van der Waals surface area (Å²) in [5, 5.41) is 11.5. The van der Waals surface area contributed by atoms with E-state index in [4.69, 9.17) is 10.6 Å².